The maximum atomic E-state index is 13.1. The predicted molar refractivity (Wildman–Crippen MR) is 112 cm³/mol. The summed E-state index contributed by atoms with van der Waals surface area (Å²) in [6.45, 7) is 10.4. The molecule has 1 saturated heterocycles. The van der Waals surface area contributed by atoms with Gasteiger partial charge in [0.2, 0.25) is 0 Å². The highest BCUT2D eigenvalue weighted by molar-refractivity contribution is 5.70. The van der Waals surface area contributed by atoms with Crippen molar-refractivity contribution in [1.29, 1.82) is 0 Å². The van der Waals surface area contributed by atoms with Crippen molar-refractivity contribution in [3.8, 4) is 0 Å². The number of carbonyl (C=O) groups excluding carboxylic acids is 1. The summed E-state index contributed by atoms with van der Waals surface area (Å²) in [7, 11) is 0. The third-order valence-electron chi connectivity index (χ3n) is 4.76. The van der Waals surface area contributed by atoms with Crippen LogP contribution < -0.4 is 0 Å². The molecule has 29 heavy (non-hydrogen) atoms. The van der Waals surface area contributed by atoms with Gasteiger partial charge in [-0.1, -0.05) is 60.7 Å². The van der Waals surface area contributed by atoms with Gasteiger partial charge < -0.3 is 14.2 Å². The second-order valence-corrected chi connectivity index (χ2v) is 8.99. The van der Waals surface area contributed by atoms with Crippen LogP contribution in [0.4, 0.5) is 4.79 Å². The van der Waals surface area contributed by atoms with Gasteiger partial charge in [0.05, 0.1) is 18.8 Å². The van der Waals surface area contributed by atoms with Crippen LogP contribution in [-0.2, 0) is 20.8 Å². The number of carbonyl (C=O) groups is 1. The summed E-state index contributed by atoms with van der Waals surface area (Å²) < 4.78 is 18.1. The second-order valence-electron chi connectivity index (χ2n) is 8.99. The van der Waals surface area contributed by atoms with Gasteiger partial charge in [0, 0.05) is 0 Å². The fourth-order valence-electron chi connectivity index (χ4n) is 3.41. The molecule has 0 saturated carbocycles. The number of nitrogens with zero attached hydrogens (tertiary/aromatic N) is 1. The lowest BCUT2D eigenvalue weighted by Gasteiger charge is -2.37. The van der Waals surface area contributed by atoms with E-state index in [1.54, 1.807) is 4.90 Å². The minimum absolute atomic E-state index is 0.394. The molecule has 0 bridgehead atoms. The highest BCUT2D eigenvalue weighted by Gasteiger charge is 2.49. The van der Waals surface area contributed by atoms with Gasteiger partial charge in [-0.2, -0.15) is 0 Å². The molecule has 0 spiro atoms. The van der Waals surface area contributed by atoms with Crippen molar-refractivity contribution in [3.63, 3.8) is 0 Å². The summed E-state index contributed by atoms with van der Waals surface area (Å²) in [5.74, 6) is 0. The van der Waals surface area contributed by atoms with Crippen molar-refractivity contribution in [1.82, 2.24) is 4.90 Å². The van der Waals surface area contributed by atoms with Gasteiger partial charge >= 0.3 is 6.09 Å². The van der Waals surface area contributed by atoms with Crippen LogP contribution in [0.2, 0.25) is 0 Å². The molecule has 5 nitrogen and oxygen atoms in total. The van der Waals surface area contributed by atoms with Crippen LogP contribution in [0.3, 0.4) is 0 Å². The Morgan fingerprint density at radius 3 is 2.28 bits per heavy atom. The molecule has 2 aromatic carbocycles. The van der Waals surface area contributed by atoms with E-state index in [0.717, 1.165) is 11.1 Å². The fraction of sp³-hybridized carbons (Fsp3) is 0.458. The van der Waals surface area contributed by atoms with Crippen molar-refractivity contribution in [2.45, 2.75) is 64.7 Å². The van der Waals surface area contributed by atoms with Crippen LogP contribution in [0.5, 0.6) is 0 Å². The Hall–Kier alpha value is -2.37. The lowest BCUT2D eigenvalue weighted by Crippen LogP contribution is -2.52. The molecule has 0 unspecified atom stereocenters. The zero-order chi connectivity index (χ0) is 21.1. The molecule has 1 aliphatic rings. The molecule has 1 fully saturated rings. The number of ether oxygens (including phenoxy) is 3. The lowest BCUT2D eigenvalue weighted by molar-refractivity contribution is -0.108. The first-order chi connectivity index (χ1) is 13.7. The number of hydrogen-bond donors (Lipinski definition) is 0. The Morgan fingerprint density at radius 1 is 1.10 bits per heavy atom. The molecular formula is C24H31NO4. The van der Waals surface area contributed by atoms with E-state index in [1.807, 2.05) is 95.3 Å². The Labute approximate surface area is 173 Å². The smallest absolute Gasteiger partial charge is 0.412 e. The van der Waals surface area contributed by atoms with E-state index in [9.17, 15) is 4.79 Å². The van der Waals surface area contributed by atoms with Crippen molar-refractivity contribution >= 4 is 6.09 Å². The average Bonchev–Trinajstić information content (AvgIpc) is 2.97. The molecule has 1 amide bonds. The maximum absolute atomic E-state index is 13.1. The van der Waals surface area contributed by atoms with Crippen LogP contribution in [0.25, 0.3) is 0 Å². The largest absolute Gasteiger partial charge is 0.444 e. The number of hydrogen-bond acceptors (Lipinski definition) is 4. The fourth-order valence-corrected chi connectivity index (χ4v) is 3.41. The van der Waals surface area contributed by atoms with Crippen LogP contribution in [0.15, 0.2) is 60.7 Å². The Bertz CT molecular complexity index is 799. The van der Waals surface area contributed by atoms with Gasteiger partial charge in [-0.05, 0) is 45.7 Å². The zero-order valence-electron chi connectivity index (χ0n) is 17.9. The van der Waals surface area contributed by atoms with E-state index in [4.69, 9.17) is 14.2 Å². The van der Waals surface area contributed by atoms with Gasteiger partial charge in [-0.15, -0.1) is 0 Å². The lowest BCUT2D eigenvalue weighted by atomic mass is 10.0. The van der Waals surface area contributed by atoms with Crippen LogP contribution in [0.1, 0.15) is 51.8 Å². The van der Waals surface area contributed by atoms with Crippen LogP contribution in [-0.4, -0.2) is 35.0 Å². The molecule has 0 radical (unpaired) electrons. The number of amides is 1. The topological polar surface area (TPSA) is 48.0 Å². The maximum Gasteiger partial charge on any atom is 0.412 e. The second kappa shape index (κ2) is 8.56. The van der Waals surface area contributed by atoms with E-state index in [1.165, 1.54) is 0 Å². The van der Waals surface area contributed by atoms with E-state index in [2.05, 4.69) is 0 Å². The van der Waals surface area contributed by atoms with Gasteiger partial charge in [0.15, 0.2) is 6.23 Å². The highest BCUT2D eigenvalue weighted by atomic mass is 16.6. The third kappa shape index (κ3) is 5.37. The zero-order valence-corrected chi connectivity index (χ0v) is 17.9. The summed E-state index contributed by atoms with van der Waals surface area (Å²) in [5.41, 5.74) is 0.929. The highest BCUT2D eigenvalue weighted by Crippen LogP contribution is 2.37. The summed E-state index contributed by atoms with van der Waals surface area (Å²) in [6, 6.07) is 19.9. The molecule has 3 rings (SSSR count). The molecule has 0 aromatic heterocycles. The van der Waals surface area contributed by atoms with Gasteiger partial charge in [-0.3, -0.25) is 4.90 Å². The Morgan fingerprint density at radius 2 is 1.69 bits per heavy atom. The molecule has 1 heterocycles. The van der Waals surface area contributed by atoms with E-state index < -0.39 is 29.6 Å². The Kier molecular flexibility index (Phi) is 6.30. The van der Waals surface area contributed by atoms with Crippen molar-refractivity contribution in [2.24, 2.45) is 0 Å². The first-order valence-corrected chi connectivity index (χ1v) is 10.0. The van der Waals surface area contributed by atoms with Gasteiger partial charge in [-0.25, -0.2) is 4.79 Å². The first kappa shape index (κ1) is 21.3. The van der Waals surface area contributed by atoms with E-state index in [0.29, 0.717) is 13.2 Å². The molecule has 0 N–H and O–H groups in total. The normalized spacial score (nSPS) is 19.8. The van der Waals surface area contributed by atoms with Crippen LogP contribution >= 0.6 is 0 Å². The summed E-state index contributed by atoms with van der Waals surface area (Å²) in [5, 5.41) is 0. The standard InChI is InChI=1S/C24H31NO4/c1-23(2,3)29-22(26)25-21(28-17-24(25,4)5)20(19-14-10-7-11-15-19)27-16-18-12-8-6-9-13-18/h6-15,20-21H,16-17H2,1-5H3/t20-,21+/m0/s1. The number of benzene rings is 2. The molecule has 1 aliphatic heterocycles. The molecule has 2 atom stereocenters. The third-order valence-corrected chi connectivity index (χ3v) is 4.76. The van der Waals surface area contributed by atoms with Crippen molar-refractivity contribution < 1.29 is 19.0 Å². The summed E-state index contributed by atoms with van der Waals surface area (Å²) in [6.07, 6.45) is -1.41. The molecule has 0 aliphatic carbocycles. The monoisotopic (exact) mass is 397 g/mol. The minimum Gasteiger partial charge on any atom is -0.444 e. The van der Waals surface area contributed by atoms with Crippen molar-refractivity contribution in [3.05, 3.63) is 71.8 Å². The summed E-state index contributed by atoms with van der Waals surface area (Å²) >= 11 is 0. The molecular weight excluding hydrogens is 366 g/mol. The molecule has 2 aromatic rings. The number of rotatable bonds is 5. The minimum atomic E-state index is -0.590. The van der Waals surface area contributed by atoms with E-state index in [-0.39, 0.29) is 0 Å². The quantitative estimate of drug-likeness (QED) is 0.685. The predicted octanol–water partition coefficient (Wildman–Crippen LogP) is 5.32. The van der Waals surface area contributed by atoms with Gasteiger partial charge in [0.1, 0.15) is 11.7 Å². The van der Waals surface area contributed by atoms with Crippen LogP contribution in [0, 0.1) is 0 Å². The van der Waals surface area contributed by atoms with Gasteiger partial charge in [0.25, 0.3) is 0 Å². The average molecular weight is 398 g/mol. The first-order valence-electron chi connectivity index (χ1n) is 10.0. The molecule has 156 valence electrons. The molecule has 5 heteroatoms. The summed E-state index contributed by atoms with van der Waals surface area (Å²) in [4.78, 5) is 14.7. The van der Waals surface area contributed by atoms with Crippen molar-refractivity contribution in [2.75, 3.05) is 6.61 Å². The van der Waals surface area contributed by atoms with E-state index >= 15 is 0 Å². The Balaban J connectivity index is 1.89. The SMILES string of the molecule is CC(C)(C)OC(=O)N1[C@@H]([C@@H](OCc2ccccc2)c2ccccc2)OCC1(C)C.